The van der Waals surface area contributed by atoms with E-state index >= 15 is 17.6 Å². The van der Waals surface area contributed by atoms with E-state index in [4.69, 9.17) is 24.1 Å². The van der Waals surface area contributed by atoms with Gasteiger partial charge in [-0.05, 0) is 99.6 Å². The first-order valence-electron chi connectivity index (χ1n) is 39.2. The standard InChI is InChI=1S/C80H104F4N14O24S/c1-44(74(117)85-43-119-42-55(101)80-56(121-76(122-80)73-51(81)24-27-123-73)30-48-49-29-52(82)50-28-47(99)23-25-77(50,3)79(49,84)54(100)31-78(48,80)4)87-75(118)45(2)86-57(102)20-18-46-17-19-53(98-59(104)21-22-60(98)105)71(83)72(46)120-26-15-16-58(103)88(5)32-61(106)89(6)33-62(107)90(7)34-63(108)91(8)35-64(109)92(9)36-65(110)93(10)37-66(111)94(11)38-67(112)95(12)39-68(113)96(13)40-69(114)97(14)41-70(115)116/h17,19,21-25,27-28,44-45,48-49,52,54,56,76,100H,15-16,18,20,26,29-43H2,1-14H3,(H,85,117)(H,86,102)(H,87,118)(H,115,116)/t44-,45-,48-,49-,52-,54-,56+,76+,77-,78-,79-,80+/m0/s1. The van der Waals surface area contributed by atoms with Gasteiger partial charge in [-0.2, -0.15) is 0 Å². The summed E-state index contributed by atoms with van der Waals surface area (Å²) >= 11 is 0.961. The molecule has 0 bridgehead atoms. The van der Waals surface area contributed by atoms with Crippen LogP contribution in [0.2, 0.25) is 0 Å². The highest BCUT2D eigenvalue weighted by atomic mass is 32.1. The number of carbonyl (C=O) groups excluding carboxylic acids is 17. The number of carboxylic acid groups (broad SMARTS) is 1. The van der Waals surface area contributed by atoms with Crippen LogP contribution < -0.4 is 25.6 Å². The van der Waals surface area contributed by atoms with Crippen molar-refractivity contribution in [3.8, 4) is 5.75 Å². The number of nitrogens with zero attached hydrogens (tertiary/aromatic N) is 11. The molecule has 1 saturated heterocycles. The van der Waals surface area contributed by atoms with Crippen LogP contribution in [0.25, 0.3) is 0 Å². The number of aryl methyl sites for hydroxylation is 1. The van der Waals surface area contributed by atoms with Gasteiger partial charge in [-0.3, -0.25) is 86.3 Å². The minimum atomic E-state index is -2.51. The fraction of sp³-hybridized carbons (Fsp3) is 0.575. The number of benzene rings is 1. The number of allylic oxidation sites excluding steroid dienone is 4. The molecule has 2 aliphatic heterocycles. The molecular formula is C80H104F4N14O24S. The smallest absolute Gasteiger partial charge is 0.323 e. The SMILES string of the molecule is C[C@H](NC(=O)CCc1ccc(N2C(=O)C=CC2=O)c(F)c1OCCCC(=O)N(C)CC(=O)N(C)CC(=O)N(C)CC(=O)N(C)CC(=O)N(C)CC(=O)N(C)CC(=O)N(C)CC(=O)N(C)CC(=O)N(C)CC(=O)N(C)CC(=O)O)C(=O)N[C@@H](C)C(=O)NCOCC(=O)[C@@]12O[C@H](c3sccc3F)O[C@@H]1C[C@H]1[C@@H]3C[C@H](F)C4=CC(=O)C=C[C@]4(C)[C@@]3(F)[C@@H](O)C[C@@]12C. The second-order valence-corrected chi connectivity index (χ2v) is 33.0. The molecule has 3 heterocycles. The van der Waals surface area contributed by atoms with E-state index in [1.54, 1.807) is 6.92 Å². The minimum Gasteiger partial charge on any atom is -0.490 e. The van der Waals surface area contributed by atoms with Crippen LogP contribution in [-0.4, -0.2) is 363 Å². The van der Waals surface area contributed by atoms with Crippen LogP contribution in [0.1, 0.15) is 83.0 Å². The second kappa shape index (κ2) is 40.3. The van der Waals surface area contributed by atoms with Gasteiger partial charge in [0, 0.05) is 112 Å². The molecule has 0 radical (unpaired) electrons. The molecule has 6 aliphatic rings. The summed E-state index contributed by atoms with van der Waals surface area (Å²) in [5.74, 6) is -18.0. The molecule has 672 valence electrons. The summed E-state index contributed by atoms with van der Waals surface area (Å²) in [5.41, 5.74) is -8.30. The van der Waals surface area contributed by atoms with E-state index in [1.165, 1.54) is 115 Å². The lowest BCUT2D eigenvalue weighted by atomic mass is 9.44. The zero-order chi connectivity index (χ0) is 91.6. The number of aliphatic hydroxyl groups excluding tert-OH is 1. The van der Waals surface area contributed by atoms with E-state index in [0.29, 0.717) is 4.90 Å². The number of hydrogen-bond donors (Lipinski definition) is 5. The average molecular weight is 1750 g/mol. The molecule has 1 aromatic carbocycles. The highest BCUT2D eigenvalue weighted by molar-refractivity contribution is 7.10. The fourth-order valence-electron chi connectivity index (χ4n) is 15.9. The van der Waals surface area contributed by atoms with Gasteiger partial charge in [-0.1, -0.05) is 19.1 Å². The number of rotatable bonds is 39. The van der Waals surface area contributed by atoms with E-state index < -0.39 is 298 Å². The van der Waals surface area contributed by atoms with E-state index in [-0.39, 0.29) is 48.3 Å². The van der Waals surface area contributed by atoms with Crippen molar-refractivity contribution in [3.63, 3.8) is 0 Å². The maximum Gasteiger partial charge on any atom is 0.323 e. The molecule has 1 aromatic heterocycles. The van der Waals surface area contributed by atoms with Crippen LogP contribution in [0, 0.1) is 34.3 Å². The number of fused-ring (bicyclic) bond motifs is 7. The Labute approximate surface area is 709 Å². The number of ketones is 2. The minimum absolute atomic E-state index is 0.00764. The Hall–Kier alpha value is -11.4. The monoisotopic (exact) mass is 1750 g/mol. The van der Waals surface area contributed by atoms with Crippen molar-refractivity contribution in [1.82, 2.24) is 64.9 Å². The van der Waals surface area contributed by atoms with Gasteiger partial charge in [0.15, 0.2) is 40.7 Å². The van der Waals surface area contributed by atoms with Crippen LogP contribution in [0.3, 0.4) is 0 Å². The zero-order valence-corrected chi connectivity index (χ0v) is 71.5. The lowest BCUT2D eigenvalue weighted by Crippen LogP contribution is -2.70. The molecule has 2 aromatic rings. The first kappa shape index (κ1) is 97.0. The fourth-order valence-corrected chi connectivity index (χ4v) is 16.7. The number of imide groups is 1. The molecule has 38 nitrogen and oxygen atoms in total. The van der Waals surface area contributed by atoms with Crippen LogP contribution in [-0.2, 0) is 107 Å². The quantitative estimate of drug-likeness (QED) is 0.0224. The van der Waals surface area contributed by atoms with Crippen molar-refractivity contribution in [2.24, 2.45) is 22.7 Å². The van der Waals surface area contributed by atoms with Gasteiger partial charge in [0.2, 0.25) is 76.8 Å². The number of aliphatic hydroxyl groups is 1. The Kier molecular flexibility index (Phi) is 31.8. The van der Waals surface area contributed by atoms with Crippen molar-refractivity contribution >= 4 is 123 Å². The number of hydrogen-bond acceptors (Lipinski definition) is 24. The van der Waals surface area contributed by atoms with E-state index in [0.717, 1.165) is 90.7 Å². The van der Waals surface area contributed by atoms with Gasteiger partial charge >= 0.3 is 5.97 Å². The number of carbonyl (C=O) groups is 18. The number of halogens is 4. The predicted octanol–water partition coefficient (Wildman–Crippen LogP) is -1.33. The van der Waals surface area contributed by atoms with Gasteiger partial charge < -0.3 is 94.1 Å². The summed E-state index contributed by atoms with van der Waals surface area (Å²) < 4.78 is 90.4. The topological polar surface area (TPSA) is 456 Å². The van der Waals surface area contributed by atoms with Crippen molar-refractivity contribution in [3.05, 3.63) is 81.6 Å². The van der Waals surface area contributed by atoms with Gasteiger partial charge in [-0.25, -0.2) is 22.5 Å². The predicted molar refractivity (Wildman–Crippen MR) is 424 cm³/mol. The van der Waals surface area contributed by atoms with E-state index in [9.17, 15) is 91.4 Å². The molecule has 4 aliphatic carbocycles. The summed E-state index contributed by atoms with van der Waals surface area (Å²) in [6, 6.07) is 1.02. The summed E-state index contributed by atoms with van der Waals surface area (Å²) in [6.45, 7) is -1.43. The Bertz CT molecular complexity index is 4610. The highest BCUT2D eigenvalue weighted by Gasteiger charge is 2.80. The molecule has 5 N–H and O–H groups in total. The Morgan fingerprint density at radius 3 is 1.54 bits per heavy atom. The molecule has 0 spiro atoms. The summed E-state index contributed by atoms with van der Waals surface area (Å²) in [6.07, 6.45) is -2.87. The molecule has 3 saturated carbocycles. The van der Waals surface area contributed by atoms with Crippen LogP contribution in [0.15, 0.2) is 59.5 Å². The van der Waals surface area contributed by atoms with Gasteiger partial charge in [0.25, 0.3) is 11.8 Å². The Morgan fingerprint density at radius 1 is 0.610 bits per heavy atom. The van der Waals surface area contributed by atoms with Gasteiger partial charge in [-0.15, -0.1) is 11.3 Å². The molecule has 8 rings (SSSR count). The first-order chi connectivity index (χ1) is 57.5. The van der Waals surface area contributed by atoms with E-state index in [1.807, 2.05) is 0 Å². The Balaban J connectivity index is 0.745. The number of amides is 15. The number of thiophene rings is 1. The second-order valence-electron chi connectivity index (χ2n) is 32.1. The number of ether oxygens (including phenoxy) is 4. The molecule has 12 atom stereocenters. The van der Waals surface area contributed by atoms with Crippen molar-refractivity contribution in [2.45, 2.75) is 121 Å². The number of likely N-dealkylation sites (N-methyl/N-ethyl adjacent to an activating group) is 10. The maximum absolute atomic E-state index is 18.1. The lowest BCUT2D eigenvalue weighted by Gasteiger charge is -2.63. The molecule has 15 amide bonds. The molecular weight excluding hydrogens is 1650 g/mol. The van der Waals surface area contributed by atoms with Crippen LogP contribution in [0.4, 0.5) is 23.2 Å². The normalized spacial score (nSPS) is 23.1. The number of Topliss-reactive ketones (excluding diaryl/α,β-unsaturated/α-hetero) is 1. The van der Waals surface area contributed by atoms with Gasteiger partial charge in [0.05, 0.1) is 88.3 Å². The van der Waals surface area contributed by atoms with Crippen molar-refractivity contribution in [1.29, 1.82) is 0 Å². The molecule has 123 heavy (non-hydrogen) atoms. The summed E-state index contributed by atoms with van der Waals surface area (Å²) in [4.78, 5) is 244. The number of nitrogens with one attached hydrogen (secondary N) is 3. The van der Waals surface area contributed by atoms with E-state index in [2.05, 4.69) is 16.0 Å². The van der Waals surface area contributed by atoms with Crippen LogP contribution >= 0.6 is 11.3 Å². The summed E-state index contributed by atoms with van der Waals surface area (Å²) in [5, 5.41) is 29.7. The number of alkyl halides is 2. The van der Waals surface area contributed by atoms with Crippen LogP contribution in [0.5, 0.6) is 5.75 Å². The lowest BCUT2D eigenvalue weighted by molar-refractivity contribution is -0.235. The zero-order valence-electron chi connectivity index (χ0n) is 70.7. The summed E-state index contributed by atoms with van der Waals surface area (Å²) in [7, 11) is 12.7. The third-order valence-electron chi connectivity index (χ3n) is 23.3. The first-order valence-corrected chi connectivity index (χ1v) is 40.0. The van der Waals surface area contributed by atoms with Crippen molar-refractivity contribution < 1.29 is 133 Å². The molecule has 0 unspecified atom stereocenters. The number of anilines is 1. The third-order valence-corrected chi connectivity index (χ3v) is 24.3. The number of aliphatic carboxylic acids is 1. The maximum atomic E-state index is 18.1. The Morgan fingerprint density at radius 2 is 1.07 bits per heavy atom. The third kappa shape index (κ3) is 21.6. The molecule has 43 heteroatoms. The largest absolute Gasteiger partial charge is 0.490 e. The van der Waals surface area contributed by atoms with Crippen molar-refractivity contribution in [2.75, 3.05) is 161 Å². The number of carboxylic acids is 1. The molecule has 4 fully saturated rings. The highest BCUT2D eigenvalue weighted by Crippen LogP contribution is 2.73. The van der Waals surface area contributed by atoms with Gasteiger partial charge in [0.1, 0.15) is 44.0 Å². The average Bonchev–Trinajstić information content (AvgIpc) is 1.52.